The molecule has 0 aromatic carbocycles. The number of carbonyl (C=O) groups is 2. The fourth-order valence-corrected chi connectivity index (χ4v) is 4.87. The SMILES string of the molecule is Cc1ccncc1C(=O)N1CCC(N2CCC[C@@H](C(=O)N3CCOCC3)C2)CC1. The number of aryl methyl sites for hydroxylation is 1. The molecular formula is C22H32N4O3. The van der Waals surface area contributed by atoms with E-state index in [1.807, 2.05) is 22.8 Å². The third kappa shape index (κ3) is 4.61. The van der Waals surface area contributed by atoms with Crippen LogP contribution in [0.5, 0.6) is 0 Å². The predicted octanol–water partition coefficient (Wildman–Crippen LogP) is 1.57. The van der Waals surface area contributed by atoms with Crippen LogP contribution in [0.15, 0.2) is 18.5 Å². The van der Waals surface area contributed by atoms with Crippen LogP contribution in [0.3, 0.4) is 0 Å². The molecule has 3 saturated heterocycles. The summed E-state index contributed by atoms with van der Waals surface area (Å²) in [5.41, 5.74) is 1.69. The van der Waals surface area contributed by atoms with Crippen LogP contribution in [0.4, 0.5) is 0 Å². The van der Waals surface area contributed by atoms with Crippen LogP contribution >= 0.6 is 0 Å². The maximum atomic E-state index is 12.9. The molecular weight excluding hydrogens is 368 g/mol. The Morgan fingerprint density at radius 1 is 1.03 bits per heavy atom. The minimum absolute atomic E-state index is 0.0908. The van der Waals surface area contributed by atoms with Crippen molar-refractivity contribution in [2.24, 2.45) is 5.92 Å². The molecule has 0 saturated carbocycles. The van der Waals surface area contributed by atoms with Gasteiger partial charge in [0.15, 0.2) is 0 Å². The van der Waals surface area contributed by atoms with E-state index in [9.17, 15) is 9.59 Å². The molecule has 29 heavy (non-hydrogen) atoms. The topological polar surface area (TPSA) is 66.0 Å². The number of rotatable bonds is 3. The fourth-order valence-electron chi connectivity index (χ4n) is 4.87. The lowest BCUT2D eigenvalue weighted by Crippen LogP contribution is -2.53. The van der Waals surface area contributed by atoms with Gasteiger partial charge in [0.1, 0.15) is 0 Å². The van der Waals surface area contributed by atoms with E-state index in [1.54, 1.807) is 12.4 Å². The molecule has 0 N–H and O–H groups in total. The second-order valence-corrected chi connectivity index (χ2v) is 8.49. The Labute approximate surface area is 173 Å². The number of pyridine rings is 1. The summed E-state index contributed by atoms with van der Waals surface area (Å²) in [6, 6.07) is 2.36. The first kappa shape index (κ1) is 20.3. The van der Waals surface area contributed by atoms with Gasteiger partial charge in [-0.15, -0.1) is 0 Å². The van der Waals surface area contributed by atoms with E-state index < -0.39 is 0 Å². The van der Waals surface area contributed by atoms with Crippen molar-refractivity contribution < 1.29 is 14.3 Å². The normalized spacial score (nSPS) is 24.5. The van der Waals surface area contributed by atoms with Gasteiger partial charge in [0.25, 0.3) is 5.91 Å². The lowest BCUT2D eigenvalue weighted by Gasteiger charge is -2.43. The number of carbonyl (C=O) groups excluding carboxylic acids is 2. The molecule has 0 radical (unpaired) electrons. The molecule has 3 aliphatic heterocycles. The molecule has 4 rings (SSSR count). The number of morpholine rings is 1. The predicted molar refractivity (Wildman–Crippen MR) is 110 cm³/mol. The molecule has 1 aromatic rings. The van der Waals surface area contributed by atoms with Gasteiger partial charge in [-0.25, -0.2) is 0 Å². The van der Waals surface area contributed by atoms with E-state index >= 15 is 0 Å². The number of hydrogen-bond acceptors (Lipinski definition) is 5. The Balaban J connectivity index is 1.30. The summed E-state index contributed by atoms with van der Waals surface area (Å²) in [7, 11) is 0. The number of aromatic nitrogens is 1. The Hall–Kier alpha value is -1.99. The van der Waals surface area contributed by atoms with Gasteiger partial charge in [-0.05, 0) is 50.8 Å². The van der Waals surface area contributed by atoms with Crippen LogP contribution in [0.2, 0.25) is 0 Å². The third-order valence-electron chi connectivity index (χ3n) is 6.66. The molecule has 4 heterocycles. The fraction of sp³-hybridized carbons (Fsp3) is 0.682. The van der Waals surface area contributed by atoms with Crippen molar-refractivity contribution in [3.8, 4) is 0 Å². The molecule has 0 bridgehead atoms. The van der Waals surface area contributed by atoms with Crippen LogP contribution in [-0.2, 0) is 9.53 Å². The number of amides is 2. The number of piperidine rings is 2. The summed E-state index contributed by atoms with van der Waals surface area (Å²) in [6.07, 6.45) is 7.42. The molecule has 0 unspecified atom stereocenters. The summed E-state index contributed by atoms with van der Waals surface area (Å²) in [4.78, 5) is 36.3. The zero-order valence-electron chi connectivity index (χ0n) is 17.4. The highest BCUT2D eigenvalue weighted by molar-refractivity contribution is 5.95. The van der Waals surface area contributed by atoms with Crippen molar-refractivity contribution in [3.05, 3.63) is 29.6 Å². The number of likely N-dealkylation sites (tertiary alicyclic amines) is 2. The van der Waals surface area contributed by atoms with Gasteiger partial charge in [-0.1, -0.05) is 0 Å². The molecule has 7 heteroatoms. The minimum Gasteiger partial charge on any atom is -0.378 e. The van der Waals surface area contributed by atoms with E-state index in [-0.39, 0.29) is 11.8 Å². The van der Waals surface area contributed by atoms with Crippen LogP contribution in [0.25, 0.3) is 0 Å². The van der Waals surface area contributed by atoms with Crippen LogP contribution in [0, 0.1) is 12.8 Å². The molecule has 3 aliphatic rings. The van der Waals surface area contributed by atoms with Crippen LogP contribution in [-0.4, -0.2) is 90.0 Å². The standard InChI is InChI=1S/C22H32N4O3/c1-17-4-7-23-15-20(17)22(28)24-9-5-19(6-10-24)26-8-2-3-18(16-26)21(27)25-11-13-29-14-12-25/h4,7,15,18-19H,2-3,5-6,8-14,16H2,1H3/t18-/m1/s1. The van der Waals surface area contributed by atoms with Gasteiger partial charge in [0.2, 0.25) is 5.91 Å². The Morgan fingerprint density at radius 3 is 2.52 bits per heavy atom. The van der Waals surface area contributed by atoms with E-state index in [2.05, 4.69) is 9.88 Å². The minimum atomic E-state index is 0.0908. The molecule has 1 atom stereocenters. The third-order valence-corrected chi connectivity index (χ3v) is 6.66. The Bertz CT molecular complexity index is 727. The summed E-state index contributed by atoms with van der Waals surface area (Å²) >= 11 is 0. The molecule has 2 amide bonds. The summed E-state index contributed by atoms with van der Waals surface area (Å²) in [6.45, 7) is 8.20. The first-order valence-corrected chi connectivity index (χ1v) is 10.9. The monoisotopic (exact) mass is 400 g/mol. The van der Waals surface area contributed by atoms with Crippen molar-refractivity contribution in [2.45, 2.75) is 38.6 Å². The van der Waals surface area contributed by atoms with Gasteiger partial charge < -0.3 is 14.5 Å². The van der Waals surface area contributed by atoms with E-state index in [0.29, 0.717) is 30.7 Å². The first-order chi connectivity index (χ1) is 14.1. The molecule has 0 spiro atoms. The Morgan fingerprint density at radius 2 is 1.79 bits per heavy atom. The average molecular weight is 401 g/mol. The van der Waals surface area contributed by atoms with Gasteiger partial charge in [-0.3, -0.25) is 19.5 Å². The zero-order chi connectivity index (χ0) is 20.2. The smallest absolute Gasteiger partial charge is 0.255 e. The average Bonchev–Trinajstić information content (AvgIpc) is 2.79. The van der Waals surface area contributed by atoms with Gasteiger partial charge in [-0.2, -0.15) is 0 Å². The molecule has 0 aliphatic carbocycles. The quantitative estimate of drug-likeness (QED) is 0.771. The summed E-state index contributed by atoms with van der Waals surface area (Å²) < 4.78 is 5.38. The molecule has 1 aromatic heterocycles. The largest absolute Gasteiger partial charge is 0.378 e. The van der Waals surface area contributed by atoms with Crippen molar-refractivity contribution in [1.82, 2.24) is 19.7 Å². The number of ether oxygens (including phenoxy) is 1. The molecule has 3 fully saturated rings. The maximum absolute atomic E-state index is 12.9. The van der Waals surface area contributed by atoms with Crippen LogP contribution in [0.1, 0.15) is 41.6 Å². The zero-order valence-corrected chi connectivity index (χ0v) is 17.4. The summed E-state index contributed by atoms with van der Waals surface area (Å²) in [5.74, 6) is 0.505. The van der Waals surface area contributed by atoms with E-state index in [1.165, 1.54) is 0 Å². The van der Waals surface area contributed by atoms with Gasteiger partial charge in [0.05, 0.1) is 24.7 Å². The number of nitrogens with zero attached hydrogens (tertiary/aromatic N) is 4. The lowest BCUT2D eigenvalue weighted by atomic mass is 9.92. The lowest BCUT2D eigenvalue weighted by molar-refractivity contribution is -0.141. The van der Waals surface area contributed by atoms with Crippen molar-refractivity contribution in [3.63, 3.8) is 0 Å². The van der Waals surface area contributed by atoms with Crippen molar-refractivity contribution in [2.75, 3.05) is 52.5 Å². The first-order valence-electron chi connectivity index (χ1n) is 10.9. The number of hydrogen-bond donors (Lipinski definition) is 0. The maximum Gasteiger partial charge on any atom is 0.255 e. The van der Waals surface area contributed by atoms with Gasteiger partial charge >= 0.3 is 0 Å². The van der Waals surface area contributed by atoms with Gasteiger partial charge in [0, 0.05) is 51.2 Å². The second kappa shape index (κ2) is 9.22. The van der Waals surface area contributed by atoms with E-state index in [4.69, 9.17) is 4.74 Å². The highest BCUT2D eigenvalue weighted by Crippen LogP contribution is 2.26. The van der Waals surface area contributed by atoms with Crippen LogP contribution < -0.4 is 0 Å². The molecule has 158 valence electrons. The van der Waals surface area contributed by atoms with Crippen molar-refractivity contribution in [1.29, 1.82) is 0 Å². The highest BCUT2D eigenvalue weighted by atomic mass is 16.5. The second-order valence-electron chi connectivity index (χ2n) is 8.49. The highest BCUT2D eigenvalue weighted by Gasteiger charge is 2.34. The Kier molecular flexibility index (Phi) is 6.45. The van der Waals surface area contributed by atoms with E-state index in [0.717, 1.165) is 70.5 Å². The summed E-state index contributed by atoms with van der Waals surface area (Å²) in [5, 5.41) is 0. The molecule has 7 nitrogen and oxygen atoms in total. The van der Waals surface area contributed by atoms with Crippen molar-refractivity contribution >= 4 is 11.8 Å².